The molecule has 3 rings (SSSR count). The zero-order valence-corrected chi connectivity index (χ0v) is 20.4. The van der Waals surface area contributed by atoms with Crippen molar-refractivity contribution < 1.29 is 0 Å². The molecule has 7 heteroatoms. The van der Waals surface area contributed by atoms with Gasteiger partial charge in [-0.2, -0.15) is 0 Å². The summed E-state index contributed by atoms with van der Waals surface area (Å²) in [6, 6.07) is 6.75. The van der Waals surface area contributed by atoms with Gasteiger partial charge in [0.2, 0.25) is 0 Å². The maximum Gasteiger partial charge on any atom is 0.191 e. The van der Waals surface area contributed by atoms with Gasteiger partial charge < -0.3 is 15.5 Å². The Morgan fingerprint density at radius 2 is 2.14 bits per heavy atom. The molecule has 1 aliphatic heterocycles. The summed E-state index contributed by atoms with van der Waals surface area (Å²) < 4.78 is 0. The lowest BCUT2D eigenvalue weighted by molar-refractivity contribution is 0.742. The molecular formula is C21H32IN5S. The van der Waals surface area contributed by atoms with Crippen molar-refractivity contribution >= 4 is 47.0 Å². The molecule has 5 nitrogen and oxygen atoms in total. The predicted molar refractivity (Wildman–Crippen MR) is 131 cm³/mol. The van der Waals surface area contributed by atoms with Crippen LogP contribution in [0.1, 0.15) is 54.9 Å². The van der Waals surface area contributed by atoms with Crippen LogP contribution in [0, 0.1) is 0 Å². The lowest BCUT2D eigenvalue weighted by atomic mass is 10.00. The lowest BCUT2D eigenvalue weighted by Gasteiger charge is -2.27. The molecule has 0 atom stereocenters. The average molecular weight is 513 g/mol. The van der Waals surface area contributed by atoms with Crippen molar-refractivity contribution in [3.63, 3.8) is 0 Å². The Kier molecular flexibility index (Phi) is 9.01. The normalized spacial score (nSPS) is 13.9. The van der Waals surface area contributed by atoms with Crippen LogP contribution in [0.4, 0.5) is 5.69 Å². The Morgan fingerprint density at radius 3 is 2.86 bits per heavy atom. The van der Waals surface area contributed by atoms with Crippen molar-refractivity contribution in [2.24, 2.45) is 4.99 Å². The highest BCUT2D eigenvalue weighted by Crippen LogP contribution is 2.27. The minimum absolute atomic E-state index is 0. The molecule has 2 heterocycles. The van der Waals surface area contributed by atoms with Crippen molar-refractivity contribution in [2.45, 2.75) is 52.6 Å². The van der Waals surface area contributed by atoms with Crippen molar-refractivity contribution in [2.75, 3.05) is 25.0 Å². The van der Waals surface area contributed by atoms with Gasteiger partial charge in [-0.15, -0.1) is 35.3 Å². The average Bonchev–Trinajstić information content (AvgIpc) is 3.13. The molecule has 0 aliphatic carbocycles. The molecule has 28 heavy (non-hydrogen) atoms. The molecule has 154 valence electrons. The Labute approximate surface area is 190 Å². The quantitative estimate of drug-likeness (QED) is 0.339. The number of fused-ring (bicyclic) bond motifs is 1. The number of rotatable bonds is 6. The Balaban J connectivity index is 0.00000280. The molecule has 0 amide bonds. The van der Waals surface area contributed by atoms with Crippen LogP contribution in [0.3, 0.4) is 0 Å². The van der Waals surface area contributed by atoms with Crippen LogP contribution in [0.2, 0.25) is 0 Å². The summed E-state index contributed by atoms with van der Waals surface area (Å²) >= 11 is 1.71. The maximum atomic E-state index is 4.77. The van der Waals surface area contributed by atoms with Crippen molar-refractivity contribution in [1.82, 2.24) is 15.6 Å². The van der Waals surface area contributed by atoms with E-state index in [1.807, 2.05) is 0 Å². The zero-order valence-electron chi connectivity index (χ0n) is 17.3. The number of guanidine groups is 1. The van der Waals surface area contributed by atoms with E-state index in [0.29, 0.717) is 19.0 Å². The number of hydrogen-bond acceptors (Lipinski definition) is 4. The van der Waals surface area contributed by atoms with E-state index < -0.39 is 0 Å². The second kappa shape index (κ2) is 11.0. The third-order valence-corrected chi connectivity index (χ3v) is 5.69. The number of nitrogens with zero attached hydrogens (tertiary/aromatic N) is 3. The minimum Gasteiger partial charge on any atom is -0.374 e. The summed E-state index contributed by atoms with van der Waals surface area (Å²) in [5.41, 5.74) is 5.23. The number of benzene rings is 1. The molecule has 2 aromatic rings. The van der Waals surface area contributed by atoms with Crippen LogP contribution in [-0.4, -0.2) is 31.1 Å². The number of thiazole rings is 1. The van der Waals surface area contributed by atoms with Gasteiger partial charge in [0.1, 0.15) is 5.01 Å². The van der Waals surface area contributed by atoms with Crippen LogP contribution in [0.15, 0.2) is 28.6 Å². The van der Waals surface area contributed by atoms with Crippen molar-refractivity contribution in [3.05, 3.63) is 45.4 Å². The monoisotopic (exact) mass is 513 g/mol. The maximum absolute atomic E-state index is 4.77. The van der Waals surface area contributed by atoms with Crippen molar-refractivity contribution in [3.8, 4) is 0 Å². The van der Waals surface area contributed by atoms with Crippen LogP contribution in [0.5, 0.6) is 0 Å². The van der Waals surface area contributed by atoms with Gasteiger partial charge in [0.15, 0.2) is 5.96 Å². The van der Waals surface area contributed by atoms with E-state index in [0.717, 1.165) is 36.2 Å². The van der Waals surface area contributed by atoms with Crippen LogP contribution in [-0.2, 0) is 19.5 Å². The number of aromatic nitrogens is 1. The van der Waals surface area contributed by atoms with E-state index in [1.54, 1.807) is 11.3 Å². The Hall–Kier alpha value is -1.35. The number of aliphatic imine (C=N–C) groups is 1. The second-order valence-electron chi connectivity index (χ2n) is 7.36. The molecule has 1 aromatic heterocycles. The van der Waals surface area contributed by atoms with Crippen LogP contribution >= 0.6 is 35.3 Å². The molecular weight excluding hydrogens is 481 g/mol. The van der Waals surface area contributed by atoms with E-state index in [2.05, 4.69) is 71.9 Å². The molecule has 0 bridgehead atoms. The first kappa shape index (κ1) is 22.9. The van der Waals surface area contributed by atoms with E-state index in [4.69, 9.17) is 4.99 Å². The first-order valence-corrected chi connectivity index (χ1v) is 10.7. The van der Waals surface area contributed by atoms with E-state index in [-0.39, 0.29) is 24.0 Å². The van der Waals surface area contributed by atoms with Crippen molar-refractivity contribution in [1.29, 1.82) is 0 Å². The molecule has 0 saturated carbocycles. The fourth-order valence-electron chi connectivity index (χ4n) is 3.28. The Morgan fingerprint density at radius 1 is 1.32 bits per heavy atom. The second-order valence-corrected chi connectivity index (χ2v) is 8.30. The predicted octanol–water partition coefficient (Wildman–Crippen LogP) is 4.52. The van der Waals surface area contributed by atoms with Gasteiger partial charge in [0.05, 0.1) is 18.8 Å². The van der Waals surface area contributed by atoms with Gasteiger partial charge in [-0.05, 0) is 42.9 Å². The highest BCUT2D eigenvalue weighted by molar-refractivity contribution is 14.0. The Bertz CT molecular complexity index is 787. The molecule has 0 spiro atoms. The van der Waals surface area contributed by atoms with E-state index >= 15 is 0 Å². The summed E-state index contributed by atoms with van der Waals surface area (Å²) in [5, 5.41) is 9.98. The third kappa shape index (κ3) is 6.07. The van der Waals surface area contributed by atoms with Crippen LogP contribution in [0.25, 0.3) is 0 Å². The summed E-state index contributed by atoms with van der Waals surface area (Å²) in [6.45, 7) is 9.82. The summed E-state index contributed by atoms with van der Waals surface area (Å²) in [5.74, 6) is 1.31. The number of nitrogens with one attached hydrogen (secondary N) is 2. The fourth-order valence-corrected chi connectivity index (χ4v) is 4.18. The molecule has 1 aliphatic rings. The fraction of sp³-hybridized carbons (Fsp3) is 0.524. The minimum atomic E-state index is 0. The van der Waals surface area contributed by atoms with Gasteiger partial charge in [0.25, 0.3) is 0 Å². The van der Waals surface area contributed by atoms with Crippen LogP contribution < -0.4 is 15.5 Å². The number of halogens is 1. The molecule has 0 fully saturated rings. The number of hydrogen-bond donors (Lipinski definition) is 2. The molecule has 0 unspecified atom stereocenters. The molecule has 1 aromatic carbocycles. The smallest absolute Gasteiger partial charge is 0.191 e. The van der Waals surface area contributed by atoms with Gasteiger partial charge in [-0.3, -0.25) is 0 Å². The largest absolute Gasteiger partial charge is 0.374 e. The van der Waals surface area contributed by atoms with Gasteiger partial charge >= 0.3 is 0 Å². The highest BCUT2D eigenvalue weighted by atomic mass is 127. The summed E-state index contributed by atoms with van der Waals surface area (Å²) in [7, 11) is 2.17. The first-order valence-electron chi connectivity index (χ1n) is 9.86. The lowest BCUT2D eigenvalue weighted by Crippen LogP contribution is -2.36. The zero-order chi connectivity index (χ0) is 19.2. The molecule has 0 saturated heterocycles. The highest BCUT2D eigenvalue weighted by Gasteiger charge is 2.13. The van der Waals surface area contributed by atoms with E-state index in [9.17, 15) is 0 Å². The number of anilines is 1. The summed E-state index contributed by atoms with van der Waals surface area (Å²) in [6.07, 6.45) is 2.39. The van der Waals surface area contributed by atoms with E-state index in [1.165, 1.54) is 23.2 Å². The standard InChI is InChI=1S/C21H31N5S.HI/c1-5-22-21(24-13-20-25-18(14-27-20)15(2)3)23-12-16-8-9-19-17(11-16)7-6-10-26(19)4;/h8-9,11,14-15H,5-7,10,12-13H2,1-4H3,(H2,22,23,24);1H. The van der Waals surface area contributed by atoms with Gasteiger partial charge in [0, 0.05) is 31.2 Å². The summed E-state index contributed by atoms with van der Waals surface area (Å²) in [4.78, 5) is 11.8. The third-order valence-electron chi connectivity index (χ3n) is 4.83. The molecule has 2 N–H and O–H groups in total. The topological polar surface area (TPSA) is 52.6 Å². The first-order chi connectivity index (χ1) is 13.1. The van der Waals surface area contributed by atoms with Gasteiger partial charge in [-0.1, -0.05) is 26.0 Å². The molecule has 0 radical (unpaired) electrons. The number of aryl methyl sites for hydroxylation is 1. The van der Waals surface area contributed by atoms with Gasteiger partial charge in [-0.25, -0.2) is 9.98 Å². The SMILES string of the molecule is CCNC(=NCc1ccc2c(c1)CCCN2C)NCc1nc(C(C)C)cs1.I.